The first-order valence-electron chi connectivity index (χ1n) is 6.63. The van der Waals surface area contributed by atoms with E-state index in [2.05, 4.69) is 15.4 Å². The van der Waals surface area contributed by atoms with Gasteiger partial charge in [-0.05, 0) is 24.1 Å². The molecule has 2 rings (SSSR count). The van der Waals surface area contributed by atoms with Gasteiger partial charge in [0.15, 0.2) is 0 Å². The number of sulfonamides is 1. The van der Waals surface area contributed by atoms with Crippen LogP contribution in [0.4, 0.5) is 10.5 Å². The lowest BCUT2D eigenvalue weighted by Gasteiger charge is -2.11. The van der Waals surface area contributed by atoms with Crippen LogP contribution in [0, 0.1) is 0 Å². The summed E-state index contributed by atoms with van der Waals surface area (Å²) >= 11 is 0. The molecule has 0 radical (unpaired) electrons. The van der Waals surface area contributed by atoms with Gasteiger partial charge in [-0.3, -0.25) is 14.8 Å². The molecule has 1 atom stereocenters. The molecule has 114 valence electrons. The Balaban J connectivity index is 2.15. The molecule has 1 aliphatic rings. The van der Waals surface area contributed by atoms with Gasteiger partial charge in [0.05, 0.1) is 5.75 Å². The molecule has 0 aromatic heterocycles. The molecule has 1 fully saturated rings. The zero-order chi connectivity index (χ0) is 15.5. The summed E-state index contributed by atoms with van der Waals surface area (Å²) in [5.74, 6) is -0.403. The summed E-state index contributed by atoms with van der Waals surface area (Å²) in [5, 5.41) is 4.60. The predicted octanol–water partition coefficient (Wildman–Crippen LogP) is 1.11. The molecule has 7 nitrogen and oxygen atoms in total. The number of nitrogens with one attached hydrogen (secondary N) is 3. The average molecular weight is 311 g/mol. The smallest absolute Gasteiger partial charge is 0.322 e. The number of hydrogen-bond donors (Lipinski definition) is 3. The predicted molar refractivity (Wildman–Crippen MR) is 78.2 cm³/mol. The van der Waals surface area contributed by atoms with Gasteiger partial charge in [-0.2, -0.15) is 0 Å². The van der Waals surface area contributed by atoms with Gasteiger partial charge in [0.1, 0.15) is 6.04 Å². The number of amides is 3. The Labute approximate surface area is 123 Å². The van der Waals surface area contributed by atoms with E-state index in [9.17, 15) is 18.0 Å². The van der Waals surface area contributed by atoms with Crippen molar-refractivity contribution in [2.45, 2.75) is 25.8 Å². The number of carbonyl (C=O) groups excluding carboxylic acids is 2. The number of unbranched alkanes of at least 4 members (excludes halogenated alkanes) is 1. The van der Waals surface area contributed by atoms with Crippen molar-refractivity contribution in [1.82, 2.24) is 10.6 Å². The molecule has 1 aromatic rings. The highest BCUT2D eigenvalue weighted by molar-refractivity contribution is 7.92. The van der Waals surface area contributed by atoms with Gasteiger partial charge in [0.2, 0.25) is 10.0 Å². The second kappa shape index (κ2) is 6.13. The maximum atomic E-state index is 11.8. The van der Waals surface area contributed by atoms with Crippen molar-refractivity contribution in [3.05, 3.63) is 29.8 Å². The van der Waals surface area contributed by atoms with E-state index in [1.165, 1.54) is 0 Å². The SMILES string of the molecule is CCCCS(=O)(=O)Nc1cccc(C2NC(=O)NC2=O)c1. The van der Waals surface area contributed by atoms with Crippen molar-refractivity contribution in [2.24, 2.45) is 0 Å². The summed E-state index contributed by atoms with van der Waals surface area (Å²) in [6, 6.07) is 5.07. The molecular weight excluding hydrogens is 294 g/mol. The Kier molecular flexibility index (Phi) is 4.46. The second-order valence-corrected chi connectivity index (χ2v) is 6.64. The van der Waals surface area contributed by atoms with E-state index in [4.69, 9.17) is 0 Å². The Morgan fingerprint density at radius 2 is 2.05 bits per heavy atom. The van der Waals surface area contributed by atoms with E-state index in [0.717, 1.165) is 6.42 Å². The van der Waals surface area contributed by atoms with E-state index in [1.807, 2.05) is 6.92 Å². The van der Waals surface area contributed by atoms with Crippen LogP contribution in [0.3, 0.4) is 0 Å². The third kappa shape index (κ3) is 3.94. The van der Waals surface area contributed by atoms with Crippen LogP contribution in [0.1, 0.15) is 31.4 Å². The number of carbonyl (C=O) groups is 2. The lowest BCUT2D eigenvalue weighted by molar-refractivity contribution is -0.120. The topological polar surface area (TPSA) is 104 Å². The fourth-order valence-electron chi connectivity index (χ4n) is 2.00. The van der Waals surface area contributed by atoms with E-state index in [1.54, 1.807) is 24.3 Å². The molecule has 3 amide bonds. The third-order valence-electron chi connectivity index (χ3n) is 3.03. The van der Waals surface area contributed by atoms with Crippen molar-refractivity contribution in [2.75, 3.05) is 10.5 Å². The summed E-state index contributed by atoms with van der Waals surface area (Å²) in [6.07, 6.45) is 1.37. The minimum Gasteiger partial charge on any atom is -0.322 e. The van der Waals surface area contributed by atoms with Crippen LogP contribution in [0.2, 0.25) is 0 Å². The summed E-state index contributed by atoms with van der Waals surface area (Å²) in [5.41, 5.74) is 0.895. The highest BCUT2D eigenvalue weighted by Crippen LogP contribution is 2.21. The van der Waals surface area contributed by atoms with Crippen LogP contribution in [0.15, 0.2) is 24.3 Å². The maximum Gasteiger partial charge on any atom is 0.322 e. The first-order chi connectivity index (χ1) is 9.91. The normalized spacial score (nSPS) is 18.2. The number of benzene rings is 1. The summed E-state index contributed by atoms with van der Waals surface area (Å²) in [6.45, 7) is 1.91. The monoisotopic (exact) mass is 311 g/mol. The molecule has 8 heteroatoms. The molecule has 3 N–H and O–H groups in total. The lowest BCUT2D eigenvalue weighted by atomic mass is 10.1. The molecule has 21 heavy (non-hydrogen) atoms. The van der Waals surface area contributed by atoms with Crippen molar-refractivity contribution in [3.63, 3.8) is 0 Å². The van der Waals surface area contributed by atoms with E-state index in [0.29, 0.717) is 17.7 Å². The van der Waals surface area contributed by atoms with E-state index >= 15 is 0 Å². The summed E-state index contributed by atoms with van der Waals surface area (Å²) in [4.78, 5) is 22.7. The zero-order valence-corrected chi connectivity index (χ0v) is 12.4. The highest BCUT2D eigenvalue weighted by Gasteiger charge is 2.30. The number of urea groups is 1. The third-order valence-corrected chi connectivity index (χ3v) is 4.41. The van der Waals surface area contributed by atoms with Crippen LogP contribution >= 0.6 is 0 Å². The lowest BCUT2D eigenvalue weighted by Crippen LogP contribution is -2.22. The quantitative estimate of drug-likeness (QED) is 0.684. The Bertz CT molecular complexity index is 657. The fraction of sp³-hybridized carbons (Fsp3) is 0.385. The molecular formula is C13H17N3O4S. The number of rotatable bonds is 6. The van der Waals surface area contributed by atoms with Gasteiger partial charge in [-0.1, -0.05) is 25.5 Å². The number of imide groups is 1. The summed E-state index contributed by atoms with van der Waals surface area (Å²) < 4.78 is 26.2. The van der Waals surface area contributed by atoms with Crippen LogP contribution in [-0.4, -0.2) is 26.1 Å². The van der Waals surface area contributed by atoms with Gasteiger partial charge < -0.3 is 5.32 Å². The summed E-state index contributed by atoms with van der Waals surface area (Å²) in [7, 11) is -3.40. The van der Waals surface area contributed by atoms with Crippen LogP contribution in [-0.2, 0) is 14.8 Å². The van der Waals surface area contributed by atoms with Crippen molar-refractivity contribution < 1.29 is 18.0 Å². The standard InChI is InChI=1S/C13H17N3O4S/c1-2-3-7-21(19,20)16-10-6-4-5-9(8-10)11-12(17)15-13(18)14-11/h4-6,8,11,16H,2-3,7H2,1H3,(H2,14,15,17,18). The molecule has 0 aliphatic carbocycles. The van der Waals surface area contributed by atoms with E-state index in [-0.39, 0.29) is 5.75 Å². The van der Waals surface area contributed by atoms with Gasteiger partial charge in [-0.25, -0.2) is 13.2 Å². The minimum atomic E-state index is -3.40. The minimum absolute atomic E-state index is 0.0500. The van der Waals surface area contributed by atoms with E-state index < -0.39 is 28.0 Å². The van der Waals surface area contributed by atoms with Gasteiger partial charge in [-0.15, -0.1) is 0 Å². The second-order valence-electron chi connectivity index (χ2n) is 4.80. The van der Waals surface area contributed by atoms with Crippen molar-refractivity contribution in [3.8, 4) is 0 Å². The van der Waals surface area contributed by atoms with Gasteiger partial charge >= 0.3 is 6.03 Å². The maximum absolute atomic E-state index is 11.8. The molecule has 1 aromatic carbocycles. The number of anilines is 1. The van der Waals surface area contributed by atoms with Crippen LogP contribution < -0.4 is 15.4 Å². The molecule has 0 saturated carbocycles. The average Bonchev–Trinajstić information content (AvgIpc) is 2.75. The molecule has 0 spiro atoms. The molecule has 1 saturated heterocycles. The first-order valence-corrected chi connectivity index (χ1v) is 8.28. The Morgan fingerprint density at radius 1 is 1.29 bits per heavy atom. The Hall–Kier alpha value is -2.09. The molecule has 1 aliphatic heterocycles. The molecule has 1 heterocycles. The molecule has 1 unspecified atom stereocenters. The first kappa shape index (κ1) is 15.3. The zero-order valence-electron chi connectivity index (χ0n) is 11.5. The highest BCUT2D eigenvalue weighted by atomic mass is 32.2. The Morgan fingerprint density at radius 3 is 2.67 bits per heavy atom. The van der Waals surface area contributed by atoms with Crippen molar-refractivity contribution >= 4 is 27.6 Å². The van der Waals surface area contributed by atoms with Gasteiger partial charge in [0, 0.05) is 5.69 Å². The van der Waals surface area contributed by atoms with Crippen molar-refractivity contribution in [1.29, 1.82) is 0 Å². The van der Waals surface area contributed by atoms with Crippen LogP contribution in [0.5, 0.6) is 0 Å². The molecule has 0 bridgehead atoms. The van der Waals surface area contributed by atoms with Gasteiger partial charge in [0.25, 0.3) is 5.91 Å². The van der Waals surface area contributed by atoms with Crippen LogP contribution in [0.25, 0.3) is 0 Å². The fourth-order valence-corrected chi connectivity index (χ4v) is 3.26. The number of hydrogen-bond acceptors (Lipinski definition) is 4. The largest absolute Gasteiger partial charge is 0.322 e.